The average Bonchev–Trinajstić information content (AvgIpc) is 3.11. The summed E-state index contributed by atoms with van der Waals surface area (Å²) in [5.74, 6) is 0.926. The summed E-state index contributed by atoms with van der Waals surface area (Å²) < 4.78 is 5.94. The fraction of sp³-hybridized carbons (Fsp3) is 0.611. The average molecular weight is 346 g/mol. The number of hydrogen-bond donors (Lipinski definition) is 3. The molecule has 1 fully saturated rings. The third kappa shape index (κ3) is 3.70. The lowest BCUT2D eigenvalue weighted by Gasteiger charge is -2.29. The van der Waals surface area contributed by atoms with Gasteiger partial charge in [-0.2, -0.15) is 5.10 Å². The lowest BCUT2D eigenvalue weighted by Crippen LogP contribution is -2.32. The van der Waals surface area contributed by atoms with Gasteiger partial charge in [-0.3, -0.25) is 4.79 Å². The topological polar surface area (TPSA) is 110 Å². The maximum absolute atomic E-state index is 12.6. The van der Waals surface area contributed by atoms with Gasteiger partial charge >= 0.3 is 6.03 Å². The van der Waals surface area contributed by atoms with E-state index in [0.717, 1.165) is 49.0 Å². The minimum Gasteiger partial charge on any atom is -0.455 e. The molecule has 3 amide bonds. The van der Waals surface area contributed by atoms with Gasteiger partial charge in [-0.1, -0.05) is 26.7 Å². The summed E-state index contributed by atoms with van der Waals surface area (Å²) in [5, 5.41) is 7.23. The molecule has 136 valence electrons. The summed E-state index contributed by atoms with van der Waals surface area (Å²) in [5.41, 5.74) is 9.66. The molecule has 1 aromatic rings. The molecule has 4 N–H and O–H groups in total. The smallest absolute Gasteiger partial charge is 0.332 e. The number of fused-ring (bicyclic) bond motifs is 1. The Morgan fingerprint density at radius 1 is 1.24 bits per heavy atom. The highest BCUT2D eigenvalue weighted by Crippen LogP contribution is 2.38. The number of rotatable bonds is 3. The van der Waals surface area contributed by atoms with Gasteiger partial charge in [0.1, 0.15) is 5.76 Å². The van der Waals surface area contributed by atoms with Crippen molar-refractivity contribution in [2.45, 2.75) is 65.3 Å². The van der Waals surface area contributed by atoms with Crippen LogP contribution in [0, 0.1) is 12.3 Å². The van der Waals surface area contributed by atoms with E-state index >= 15 is 0 Å². The van der Waals surface area contributed by atoms with Crippen LogP contribution in [0.4, 0.5) is 4.79 Å². The molecule has 0 aliphatic heterocycles. The van der Waals surface area contributed by atoms with E-state index in [0.29, 0.717) is 17.9 Å². The van der Waals surface area contributed by atoms with Crippen LogP contribution >= 0.6 is 0 Å². The quantitative estimate of drug-likeness (QED) is 0.732. The third-order valence-electron chi connectivity index (χ3n) is 4.99. The Bertz CT molecular complexity index is 727. The van der Waals surface area contributed by atoms with Crippen molar-refractivity contribution in [3.8, 4) is 0 Å². The van der Waals surface area contributed by atoms with Crippen LogP contribution in [0.25, 0.3) is 0 Å². The molecule has 0 radical (unpaired) electrons. The fourth-order valence-electron chi connectivity index (χ4n) is 3.87. The zero-order chi connectivity index (χ0) is 18.2. The molecular formula is C18H26N4O3. The van der Waals surface area contributed by atoms with Crippen LogP contribution in [0.2, 0.25) is 0 Å². The predicted octanol–water partition coefficient (Wildman–Crippen LogP) is 2.61. The minimum absolute atomic E-state index is 0.0748. The van der Waals surface area contributed by atoms with Crippen LogP contribution in [0.5, 0.6) is 0 Å². The second-order valence-corrected chi connectivity index (χ2v) is 7.86. The molecule has 0 unspecified atom stereocenters. The zero-order valence-electron chi connectivity index (χ0n) is 15.1. The lowest BCUT2D eigenvalue weighted by molar-refractivity contribution is 0.0906. The first-order valence-corrected chi connectivity index (χ1v) is 8.82. The number of urea groups is 1. The van der Waals surface area contributed by atoms with E-state index in [1.807, 2.05) is 6.92 Å². The SMILES string of the molecule is Cc1c(C(=O)NC2CCCC2)oc2c1/C(=N\NC(N)=O)CC(C)(C)C2. The van der Waals surface area contributed by atoms with Crippen molar-refractivity contribution >= 4 is 17.6 Å². The molecule has 1 aromatic heterocycles. The number of amides is 3. The first-order chi connectivity index (χ1) is 11.8. The first kappa shape index (κ1) is 17.5. The van der Waals surface area contributed by atoms with Crippen LogP contribution in [0.15, 0.2) is 9.52 Å². The van der Waals surface area contributed by atoms with Crippen molar-refractivity contribution < 1.29 is 14.0 Å². The van der Waals surface area contributed by atoms with E-state index in [1.165, 1.54) is 0 Å². The van der Waals surface area contributed by atoms with Gasteiger partial charge in [0.15, 0.2) is 5.76 Å². The molecule has 0 saturated heterocycles. The molecule has 2 aliphatic carbocycles. The molecule has 3 rings (SSSR count). The molecule has 0 bridgehead atoms. The fourth-order valence-corrected chi connectivity index (χ4v) is 3.87. The van der Waals surface area contributed by atoms with E-state index in [9.17, 15) is 9.59 Å². The van der Waals surface area contributed by atoms with Crippen molar-refractivity contribution in [3.63, 3.8) is 0 Å². The summed E-state index contributed by atoms with van der Waals surface area (Å²) in [6.07, 6.45) is 5.74. The molecule has 0 atom stereocenters. The molecule has 7 nitrogen and oxygen atoms in total. The summed E-state index contributed by atoms with van der Waals surface area (Å²) in [6, 6.07) is -0.479. The highest BCUT2D eigenvalue weighted by atomic mass is 16.4. The van der Waals surface area contributed by atoms with Crippen molar-refractivity contribution in [2.24, 2.45) is 16.3 Å². The lowest BCUT2D eigenvalue weighted by atomic mass is 9.75. The van der Waals surface area contributed by atoms with Crippen LogP contribution in [-0.2, 0) is 6.42 Å². The number of nitrogens with two attached hydrogens (primary N) is 1. The summed E-state index contributed by atoms with van der Waals surface area (Å²) >= 11 is 0. The minimum atomic E-state index is -0.710. The van der Waals surface area contributed by atoms with E-state index < -0.39 is 6.03 Å². The summed E-state index contributed by atoms with van der Waals surface area (Å²) in [4.78, 5) is 23.7. The number of nitrogens with zero attached hydrogens (tertiary/aromatic N) is 1. The second-order valence-electron chi connectivity index (χ2n) is 7.86. The number of carbonyl (C=O) groups excluding carboxylic acids is 2. The van der Waals surface area contributed by atoms with E-state index in [2.05, 4.69) is 29.7 Å². The number of hydrazone groups is 1. The highest BCUT2D eigenvalue weighted by molar-refractivity contribution is 6.07. The number of nitrogens with one attached hydrogen (secondary N) is 2. The van der Waals surface area contributed by atoms with Gasteiger partial charge in [0.2, 0.25) is 0 Å². The number of furan rings is 1. The van der Waals surface area contributed by atoms with E-state index in [-0.39, 0.29) is 17.4 Å². The van der Waals surface area contributed by atoms with Crippen molar-refractivity contribution in [2.75, 3.05) is 0 Å². The van der Waals surface area contributed by atoms with Gasteiger partial charge in [0, 0.05) is 23.6 Å². The third-order valence-corrected chi connectivity index (χ3v) is 4.99. The molecular weight excluding hydrogens is 320 g/mol. The Kier molecular flexibility index (Phi) is 4.58. The molecule has 0 spiro atoms. The maximum atomic E-state index is 12.6. The monoisotopic (exact) mass is 346 g/mol. The van der Waals surface area contributed by atoms with Gasteiger partial charge in [-0.15, -0.1) is 0 Å². The van der Waals surface area contributed by atoms with Crippen molar-refractivity contribution in [3.05, 3.63) is 22.6 Å². The van der Waals surface area contributed by atoms with Crippen molar-refractivity contribution in [1.82, 2.24) is 10.7 Å². The second kappa shape index (κ2) is 6.54. The summed E-state index contributed by atoms with van der Waals surface area (Å²) in [7, 11) is 0. The van der Waals surface area contributed by atoms with Crippen LogP contribution in [-0.4, -0.2) is 23.7 Å². The molecule has 2 aliphatic rings. The number of primary amides is 1. The van der Waals surface area contributed by atoms with Crippen molar-refractivity contribution in [1.29, 1.82) is 0 Å². The molecule has 7 heteroatoms. The first-order valence-electron chi connectivity index (χ1n) is 8.82. The van der Waals surface area contributed by atoms with Gasteiger partial charge in [0.05, 0.1) is 5.71 Å². The molecule has 1 heterocycles. The Morgan fingerprint density at radius 3 is 2.56 bits per heavy atom. The zero-order valence-corrected chi connectivity index (χ0v) is 15.1. The van der Waals surface area contributed by atoms with Gasteiger partial charge in [0.25, 0.3) is 5.91 Å². The summed E-state index contributed by atoms with van der Waals surface area (Å²) in [6.45, 7) is 6.07. The van der Waals surface area contributed by atoms with Crippen LogP contribution in [0.1, 0.15) is 73.4 Å². The highest BCUT2D eigenvalue weighted by Gasteiger charge is 2.36. The Balaban J connectivity index is 1.92. The predicted molar refractivity (Wildman–Crippen MR) is 94.5 cm³/mol. The largest absolute Gasteiger partial charge is 0.455 e. The maximum Gasteiger partial charge on any atom is 0.332 e. The number of carbonyl (C=O) groups is 2. The van der Waals surface area contributed by atoms with Gasteiger partial charge in [-0.05, 0) is 31.6 Å². The van der Waals surface area contributed by atoms with Crippen LogP contribution in [0.3, 0.4) is 0 Å². The van der Waals surface area contributed by atoms with Crippen LogP contribution < -0.4 is 16.5 Å². The van der Waals surface area contributed by atoms with Gasteiger partial charge in [-0.25, -0.2) is 10.2 Å². The Hall–Kier alpha value is -2.31. The van der Waals surface area contributed by atoms with Gasteiger partial charge < -0.3 is 15.5 Å². The normalized spacial score (nSPS) is 21.2. The molecule has 1 saturated carbocycles. The number of hydrogen-bond acceptors (Lipinski definition) is 4. The van der Waals surface area contributed by atoms with E-state index in [4.69, 9.17) is 10.2 Å². The molecule has 25 heavy (non-hydrogen) atoms. The van der Waals surface area contributed by atoms with E-state index in [1.54, 1.807) is 0 Å². The Labute approximate surface area is 147 Å². The standard InChI is InChI=1S/C18H26N4O3/c1-10-14-12(21-22-17(19)24)8-18(2,3)9-13(14)25-15(10)16(23)20-11-6-4-5-7-11/h11H,4-9H2,1-3H3,(H,20,23)(H3,19,22,24)/b21-12-. The molecule has 0 aromatic carbocycles. The Morgan fingerprint density at radius 2 is 1.92 bits per heavy atom.